The number of hydrogen-bond donors (Lipinski definition) is 1. The Hall–Kier alpha value is -1.84. The Kier molecular flexibility index (Phi) is 3.88. The van der Waals surface area contributed by atoms with E-state index in [-0.39, 0.29) is 0 Å². The summed E-state index contributed by atoms with van der Waals surface area (Å²) in [5.74, 6) is -0.900. The molecule has 0 fully saturated rings. The first-order chi connectivity index (χ1) is 9.14. The second-order valence-electron chi connectivity index (χ2n) is 5.08. The van der Waals surface area contributed by atoms with Gasteiger partial charge in [0.2, 0.25) is 6.41 Å². The number of aryl methyl sites for hydroxylation is 1. The van der Waals surface area contributed by atoms with Crippen LogP contribution < -0.4 is 0 Å². The molecule has 102 valence electrons. The minimum Gasteiger partial charge on any atom is -0.479 e. The number of carbonyl (C=O) groups is 2. The minimum absolute atomic E-state index is 0.400. The van der Waals surface area contributed by atoms with Gasteiger partial charge < -0.3 is 10.0 Å². The van der Waals surface area contributed by atoms with E-state index >= 15 is 0 Å². The number of nitrogens with zero attached hydrogens (tertiary/aromatic N) is 1. The van der Waals surface area contributed by atoms with Gasteiger partial charge in [0.1, 0.15) is 5.54 Å². The average Bonchev–Trinajstić information content (AvgIpc) is 2.44. The van der Waals surface area contributed by atoms with Gasteiger partial charge >= 0.3 is 5.97 Å². The maximum absolute atomic E-state index is 11.8. The molecule has 0 radical (unpaired) electrons. The van der Waals surface area contributed by atoms with Gasteiger partial charge in [-0.25, -0.2) is 4.79 Å². The third-order valence-electron chi connectivity index (χ3n) is 3.95. The predicted octanol–water partition coefficient (Wildman–Crippen LogP) is 1.87. The van der Waals surface area contributed by atoms with Gasteiger partial charge in [-0.1, -0.05) is 31.2 Å². The molecule has 0 aromatic heterocycles. The fourth-order valence-corrected chi connectivity index (χ4v) is 2.88. The Morgan fingerprint density at radius 3 is 2.68 bits per heavy atom. The average molecular weight is 261 g/mol. The van der Waals surface area contributed by atoms with E-state index in [4.69, 9.17) is 0 Å². The van der Waals surface area contributed by atoms with E-state index in [1.54, 1.807) is 0 Å². The standard InChI is InChI=1S/C15H19NO3/c1-2-9-16(11-17)15(14(18)19)8-7-12-5-3-4-6-13(12)10-15/h3-6,11H,2,7-10H2,1H3,(H,18,19). The van der Waals surface area contributed by atoms with Crippen molar-refractivity contribution in [2.75, 3.05) is 6.54 Å². The van der Waals surface area contributed by atoms with E-state index in [9.17, 15) is 14.7 Å². The van der Waals surface area contributed by atoms with Gasteiger partial charge in [-0.3, -0.25) is 4.79 Å². The Bertz CT molecular complexity index is 486. The first-order valence-electron chi connectivity index (χ1n) is 6.66. The molecule has 1 aromatic rings. The van der Waals surface area contributed by atoms with Crippen LogP contribution in [-0.4, -0.2) is 34.5 Å². The highest BCUT2D eigenvalue weighted by Crippen LogP contribution is 2.33. The Morgan fingerprint density at radius 1 is 1.42 bits per heavy atom. The number of benzene rings is 1. The topological polar surface area (TPSA) is 57.6 Å². The quantitative estimate of drug-likeness (QED) is 0.823. The highest BCUT2D eigenvalue weighted by atomic mass is 16.4. The third kappa shape index (κ3) is 2.35. The molecule has 0 spiro atoms. The number of hydrogen-bond acceptors (Lipinski definition) is 2. The van der Waals surface area contributed by atoms with Crippen molar-refractivity contribution in [1.29, 1.82) is 0 Å². The molecule has 19 heavy (non-hydrogen) atoms. The van der Waals surface area contributed by atoms with Crippen LogP contribution in [0.5, 0.6) is 0 Å². The molecule has 1 unspecified atom stereocenters. The number of aliphatic carboxylic acids is 1. The van der Waals surface area contributed by atoms with Crippen LogP contribution in [0, 0.1) is 0 Å². The molecule has 2 rings (SSSR count). The molecule has 0 heterocycles. The lowest BCUT2D eigenvalue weighted by molar-refractivity contribution is -0.156. The van der Waals surface area contributed by atoms with Crippen LogP contribution in [0.1, 0.15) is 30.9 Å². The molecule has 1 N–H and O–H groups in total. The van der Waals surface area contributed by atoms with Crippen molar-refractivity contribution in [3.8, 4) is 0 Å². The van der Waals surface area contributed by atoms with Crippen LogP contribution in [-0.2, 0) is 22.4 Å². The molecule has 0 saturated carbocycles. The molecule has 0 aliphatic heterocycles. The van der Waals surface area contributed by atoms with Crippen LogP contribution >= 0.6 is 0 Å². The van der Waals surface area contributed by atoms with Crippen molar-refractivity contribution in [3.63, 3.8) is 0 Å². The second-order valence-corrected chi connectivity index (χ2v) is 5.08. The molecule has 4 nitrogen and oxygen atoms in total. The second kappa shape index (κ2) is 5.43. The predicted molar refractivity (Wildman–Crippen MR) is 71.9 cm³/mol. The lowest BCUT2D eigenvalue weighted by Gasteiger charge is -2.41. The van der Waals surface area contributed by atoms with Gasteiger partial charge in [0.25, 0.3) is 0 Å². The van der Waals surface area contributed by atoms with E-state index in [0.717, 1.165) is 12.0 Å². The summed E-state index contributed by atoms with van der Waals surface area (Å²) in [6.07, 6.45) is 3.03. The molecular weight excluding hydrogens is 242 g/mol. The summed E-state index contributed by atoms with van der Waals surface area (Å²) in [5.41, 5.74) is 1.16. The number of rotatable bonds is 5. The lowest BCUT2D eigenvalue weighted by atomic mass is 9.77. The van der Waals surface area contributed by atoms with Crippen molar-refractivity contribution in [2.45, 2.75) is 38.1 Å². The zero-order valence-electron chi connectivity index (χ0n) is 11.1. The number of amides is 1. The molecule has 1 aromatic carbocycles. The SMILES string of the molecule is CCCN(C=O)C1(C(=O)O)CCc2ccccc2C1. The highest BCUT2D eigenvalue weighted by Gasteiger charge is 2.45. The summed E-state index contributed by atoms with van der Waals surface area (Å²) in [4.78, 5) is 24.5. The largest absolute Gasteiger partial charge is 0.479 e. The summed E-state index contributed by atoms with van der Waals surface area (Å²) >= 11 is 0. The van der Waals surface area contributed by atoms with Crippen LogP contribution in [0.2, 0.25) is 0 Å². The molecule has 4 heteroatoms. The monoisotopic (exact) mass is 261 g/mol. The van der Waals surface area contributed by atoms with Crippen molar-refractivity contribution >= 4 is 12.4 Å². The van der Waals surface area contributed by atoms with Gasteiger partial charge in [-0.2, -0.15) is 0 Å². The Labute approximate surface area is 113 Å². The highest BCUT2D eigenvalue weighted by molar-refractivity contribution is 5.82. The first-order valence-corrected chi connectivity index (χ1v) is 6.66. The van der Waals surface area contributed by atoms with Gasteiger partial charge in [-0.15, -0.1) is 0 Å². The molecule has 1 amide bonds. The lowest BCUT2D eigenvalue weighted by Crippen LogP contribution is -2.57. The smallest absolute Gasteiger partial charge is 0.329 e. The van der Waals surface area contributed by atoms with E-state index < -0.39 is 11.5 Å². The van der Waals surface area contributed by atoms with Gasteiger partial charge in [0.15, 0.2) is 0 Å². The van der Waals surface area contributed by atoms with Crippen molar-refractivity contribution in [2.24, 2.45) is 0 Å². The van der Waals surface area contributed by atoms with Crippen LogP contribution in [0.4, 0.5) is 0 Å². The molecule has 1 atom stereocenters. The molecule has 1 aliphatic rings. The molecular formula is C15H19NO3. The minimum atomic E-state index is -1.08. The van der Waals surface area contributed by atoms with Gasteiger partial charge in [0.05, 0.1) is 0 Å². The van der Waals surface area contributed by atoms with E-state index in [0.29, 0.717) is 32.2 Å². The normalized spacial score (nSPS) is 21.5. The maximum atomic E-state index is 11.8. The Balaban J connectivity index is 2.38. The fraction of sp³-hybridized carbons (Fsp3) is 0.467. The maximum Gasteiger partial charge on any atom is 0.329 e. The number of fused-ring (bicyclic) bond motifs is 1. The van der Waals surface area contributed by atoms with E-state index in [1.165, 1.54) is 10.5 Å². The number of carboxylic acid groups (broad SMARTS) is 1. The van der Waals surface area contributed by atoms with Gasteiger partial charge in [0, 0.05) is 13.0 Å². The summed E-state index contributed by atoms with van der Waals surface area (Å²) in [6.45, 7) is 2.43. The van der Waals surface area contributed by atoms with Crippen molar-refractivity contribution in [1.82, 2.24) is 4.90 Å². The third-order valence-corrected chi connectivity index (χ3v) is 3.95. The molecule has 0 saturated heterocycles. The summed E-state index contributed by atoms with van der Waals surface area (Å²) in [5, 5.41) is 9.64. The number of carboxylic acids is 1. The Morgan fingerprint density at radius 2 is 2.11 bits per heavy atom. The molecule has 1 aliphatic carbocycles. The van der Waals surface area contributed by atoms with Crippen molar-refractivity contribution < 1.29 is 14.7 Å². The van der Waals surface area contributed by atoms with E-state index in [2.05, 4.69) is 0 Å². The zero-order chi connectivity index (χ0) is 13.9. The summed E-state index contributed by atoms with van der Waals surface area (Å²) in [7, 11) is 0. The van der Waals surface area contributed by atoms with Gasteiger partial charge in [-0.05, 0) is 30.4 Å². The number of carbonyl (C=O) groups excluding carboxylic acids is 1. The van der Waals surface area contributed by atoms with E-state index in [1.807, 2.05) is 31.2 Å². The van der Waals surface area contributed by atoms with Crippen LogP contribution in [0.3, 0.4) is 0 Å². The fourth-order valence-electron chi connectivity index (χ4n) is 2.88. The zero-order valence-corrected chi connectivity index (χ0v) is 11.1. The van der Waals surface area contributed by atoms with Crippen LogP contribution in [0.15, 0.2) is 24.3 Å². The summed E-state index contributed by atoms with van der Waals surface area (Å²) in [6, 6.07) is 7.88. The van der Waals surface area contributed by atoms with Crippen molar-refractivity contribution in [3.05, 3.63) is 35.4 Å². The summed E-state index contributed by atoms with van der Waals surface area (Å²) < 4.78 is 0. The van der Waals surface area contributed by atoms with Crippen LogP contribution in [0.25, 0.3) is 0 Å². The molecule has 0 bridgehead atoms. The first kappa shape index (κ1) is 13.6.